The van der Waals surface area contributed by atoms with E-state index in [1.807, 2.05) is 6.08 Å². The maximum absolute atomic E-state index is 4.31. The minimum Gasteiger partial charge on any atom is -0.0984 e. The fourth-order valence-electron chi connectivity index (χ4n) is 3.75. The van der Waals surface area contributed by atoms with Gasteiger partial charge < -0.3 is 0 Å². The van der Waals surface area contributed by atoms with Crippen molar-refractivity contribution in [2.24, 2.45) is 0 Å². The van der Waals surface area contributed by atoms with Gasteiger partial charge in [-0.1, -0.05) is 86.5 Å². The maximum Gasteiger partial charge on any atom is -0.0105 e. The number of aryl methyl sites for hydroxylation is 1. The fraction of sp³-hybridized carbons (Fsp3) is 0.0370. The minimum absolute atomic E-state index is 1.00. The summed E-state index contributed by atoms with van der Waals surface area (Å²) in [6, 6.07) is 21.2. The topological polar surface area (TPSA) is 0 Å². The molecule has 27 heavy (non-hydrogen) atoms. The third-order valence-corrected chi connectivity index (χ3v) is 5.36. The van der Waals surface area contributed by atoms with Gasteiger partial charge in [0.05, 0.1) is 0 Å². The molecule has 0 bridgehead atoms. The van der Waals surface area contributed by atoms with E-state index >= 15 is 0 Å². The lowest BCUT2D eigenvalue weighted by Gasteiger charge is -2.05. The van der Waals surface area contributed by atoms with E-state index in [2.05, 4.69) is 99.5 Å². The molecule has 0 spiro atoms. The molecule has 0 aliphatic rings. The van der Waals surface area contributed by atoms with E-state index in [-0.39, 0.29) is 0 Å². The number of fused-ring (bicyclic) bond motifs is 2. The van der Waals surface area contributed by atoms with E-state index in [0.717, 1.165) is 26.4 Å². The Kier molecular flexibility index (Phi) is 4.25. The summed E-state index contributed by atoms with van der Waals surface area (Å²) in [6.07, 6.45) is 6.18. The number of benzene rings is 4. The van der Waals surface area contributed by atoms with Crippen LogP contribution in [0.25, 0.3) is 52.9 Å². The van der Waals surface area contributed by atoms with Crippen molar-refractivity contribution >= 4 is 52.9 Å². The molecule has 0 amide bonds. The highest BCUT2D eigenvalue weighted by molar-refractivity contribution is 5.91. The Balaban J connectivity index is 2.04. The Bertz CT molecular complexity index is 1420. The first-order valence-corrected chi connectivity index (χ1v) is 9.12. The smallest absolute Gasteiger partial charge is 0.0105 e. The van der Waals surface area contributed by atoms with Crippen LogP contribution in [-0.4, -0.2) is 0 Å². The van der Waals surface area contributed by atoms with Crippen molar-refractivity contribution in [2.75, 3.05) is 0 Å². The molecule has 0 saturated carbocycles. The van der Waals surface area contributed by atoms with Gasteiger partial charge in [-0.05, 0) is 72.6 Å². The first-order valence-electron chi connectivity index (χ1n) is 9.12. The van der Waals surface area contributed by atoms with Crippen molar-refractivity contribution in [2.45, 2.75) is 6.92 Å². The van der Waals surface area contributed by atoms with E-state index in [9.17, 15) is 0 Å². The Morgan fingerprint density at radius 3 is 1.85 bits per heavy atom. The van der Waals surface area contributed by atoms with Crippen LogP contribution in [0.2, 0.25) is 0 Å². The third kappa shape index (κ3) is 2.90. The van der Waals surface area contributed by atoms with E-state index < -0.39 is 0 Å². The predicted octanol–water partition coefficient (Wildman–Crippen LogP) is 4.03. The summed E-state index contributed by atoms with van der Waals surface area (Å²) in [6.45, 7) is 14.7. The Morgan fingerprint density at radius 2 is 1.22 bits per heavy atom. The average Bonchev–Trinajstić information content (AvgIpc) is 2.70. The van der Waals surface area contributed by atoms with Crippen molar-refractivity contribution in [1.29, 1.82) is 0 Å². The zero-order chi connectivity index (χ0) is 19.0. The lowest BCUT2D eigenvalue weighted by molar-refractivity contribution is 1.43. The molecular formula is C27H22. The highest BCUT2D eigenvalue weighted by Crippen LogP contribution is 2.15. The van der Waals surface area contributed by atoms with Crippen LogP contribution >= 0.6 is 0 Å². The van der Waals surface area contributed by atoms with E-state index in [1.165, 1.54) is 27.1 Å². The fourth-order valence-corrected chi connectivity index (χ4v) is 3.75. The van der Waals surface area contributed by atoms with Crippen molar-refractivity contribution in [3.8, 4) is 0 Å². The van der Waals surface area contributed by atoms with Gasteiger partial charge in [-0.2, -0.15) is 0 Å². The zero-order valence-electron chi connectivity index (χ0n) is 15.6. The molecule has 0 aliphatic heterocycles. The van der Waals surface area contributed by atoms with Crippen LogP contribution in [0.15, 0.2) is 67.2 Å². The molecule has 4 rings (SSSR count). The molecule has 0 nitrogen and oxygen atoms in total. The molecule has 0 unspecified atom stereocenters. The second-order valence-electron chi connectivity index (χ2n) is 6.91. The lowest BCUT2D eigenvalue weighted by atomic mass is 10.00. The molecule has 0 fully saturated rings. The van der Waals surface area contributed by atoms with Crippen molar-refractivity contribution in [3.05, 3.63) is 99.2 Å². The van der Waals surface area contributed by atoms with Gasteiger partial charge in [-0.25, -0.2) is 0 Å². The molecule has 4 aromatic rings. The SMILES string of the molecule is C=Cc1c(=C)/c(=C\C=c2\cc3ccccc3c(C)c2=C)cc2ccccc12. The highest BCUT2D eigenvalue weighted by Gasteiger charge is 2.01. The van der Waals surface area contributed by atoms with Crippen molar-refractivity contribution < 1.29 is 0 Å². The second kappa shape index (κ2) is 6.74. The van der Waals surface area contributed by atoms with Crippen LogP contribution in [0.4, 0.5) is 0 Å². The third-order valence-electron chi connectivity index (χ3n) is 5.36. The quantitative estimate of drug-likeness (QED) is 0.514. The summed E-state index contributed by atoms with van der Waals surface area (Å²) in [5.74, 6) is 0. The van der Waals surface area contributed by atoms with Gasteiger partial charge in [0.2, 0.25) is 0 Å². The molecule has 0 aliphatic carbocycles. The number of hydrogen-bond donors (Lipinski definition) is 0. The van der Waals surface area contributed by atoms with Crippen molar-refractivity contribution in [3.63, 3.8) is 0 Å². The average molecular weight is 346 g/mol. The molecule has 130 valence electrons. The molecular weight excluding hydrogens is 324 g/mol. The first kappa shape index (κ1) is 17.1. The first-order chi connectivity index (χ1) is 13.1. The standard InChI is InChI=1S/C27H22/c1-5-25-20(4)22(17-24-11-7-9-13-27(24)25)15-14-21-16-23-10-6-8-12-26(23)19(3)18(21)2/h5-17H,1-2,4H2,3H3/b21-14-,22-15-. The van der Waals surface area contributed by atoms with Gasteiger partial charge in [0, 0.05) is 0 Å². The van der Waals surface area contributed by atoms with Crippen LogP contribution in [0, 0.1) is 6.92 Å². The van der Waals surface area contributed by atoms with Crippen LogP contribution in [0.5, 0.6) is 0 Å². The molecule has 0 N–H and O–H groups in total. The van der Waals surface area contributed by atoms with Crippen LogP contribution in [-0.2, 0) is 0 Å². The minimum atomic E-state index is 1.00. The van der Waals surface area contributed by atoms with Gasteiger partial charge in [0.25, 0.3) is 0 Å². The van der Waals surface area contributed by atoms with Gasteiger partial charge in [-0.15, -0.1) is 0 Å². The monoisotopic (exact) mass is 346 g/mol. The summed E-state index contributed by atoms with van der Waals surface area (Å²) in [4.78, 5) is 0. The zero-order valence-corrected chi connectivity index (χ0v) is 15.6. The summed E-state index contributed by atoms with van der Waals surface area (Å²) in [5, 5.41) is 9.20. The number of hydrogen-bond acceptors (Lipinski definition) is 0. The van der Waals surface area contributed by atoms with E-state index in [4.69, 9.17) is 0 Å². The second-order valence-corrected chi connectivity index (χ2v) is 6.91. The summed E-state index contributed by atoms with van der Waals surface area (Å²) in [7, 11) is 0. The molecule has 0 heteroatoms. The molecule has 0 radical (unpaired) electrons. The summed E-state index contributed by atoms with van der Waals surface area (Å²) in [5.41, 5.74) is 2.32. The largest absolute Gasteiger partial charge is 0.0984 e. The van der Waals surface area contributed by atoms with Crippen molar-refractivity contribution in [1.82, 2.24) is 0 Å². The summed E-state index contributed by atoms with van der Waals surface area (Å²) >= 11 is 0. The van der Waals surface area contributed by atoms with Crippen LogP contribution in [0.3, 0.4) is 0 Å². The van der Waals surface area contributed by atoms with Crippen LogP contribution < -0.4 is 20.9 Å². The van der Waals surface area contributed by atoms with E-state index in [0.29, 0.717) is 0 Å². The Morgan fingerprint density at radius 1 is 0.704 bits per heavy atom. The van der Waals surface area contributed by atoms with Gasteiger partial charge >= 0.3 is 0 Å². The molecule has 0 heterocycles. The maximum atomic E-state index is 4.31. The van der Waals surface area contributed by atoms with Gasteiger partial charge in [-0.3, -0.25) is 0 Å². The highest BCUT2D eigenvalue weighted by atomic mass is 14.0. The summed E-state index contributed by atoms with van der Waals surface area (Å²) < 4.78 is 0. The van der Waals surface area contributed by atoms with Gasteiger partial charge in [0.15, 0.2) is 0 Å². The normalized spacial score (nSPS) is 12.8. The molecule has 0 saturated heterocycles. The Hall–Kier alpha value is -3.38. The van der Waals surface area contributed by atoms with Gasteiger partial charge in [0.1, 0.15) is 0 Å². The lowest BCUT2D eigenvalue weighted by Crippen LogP contribution is -2.28. The van der Waals surface area contributed by atoms with Crippen LogP contribution in [0.1, 0.15) is 11.1 Å². The molecule has 4 aromatic carbocycles. The predicted molar refractivity (Wildman–Crippen MR) is 121 cm³/mol. The van der Waals surface area contributed by atoms with E-state index in [1.54, 1.807) is 0 Å². The molecule has 0 aromatic heterocycles. The number of rotatable bonds is 2. The Labute approximate surface area is 159 Å². The molecule has 0 atom stereocenters.